The van der Waals surface area contributed by atoms with Gasteiger partial charge in [0.2, 0.25) is 0 Å². The Bertz CT molecular complexity index is 170. The van der Waals surface area contributed by atoms with Crippen LogP contribution in [0.15, 0.2) is 0 Å². The number of ether oxygens (including phenoxy) is 1. The molecular formula is C14H29NO. The molecule has 1 aliphatic rings. The minimum atomic E-state index is 0.521. The van der Waals surface area contributed by atoms with E-state index in [9.17, 15) is 0 Å². The van der Waals surface area contributed by atoms with E-state index in [1.54, 1.807) is 0 Å². The van der Waals surface area contributed by atoms with Gasteiger partial charge in [-0.3, -0.25) is 0 Å². The normalized spacial score (nSPS) is 27.2. The highest BCUT2D eigenvalue weighted by Crippen LogP contribution is 2.23. The molecule has 2 heteroatoms. The Labute approximate surface area is 101 Å². The molecular weight excluding hydrogens is 198 g/mol. The molecule has 0 amide bonds. The van der Waals surface area contributed by atoms with Crippen molar-refractivity contribution in [3.63, 3.8) is 0 Å². The van der Waals surface area contributed by atoms with Gasteiger partial charge in [-0.1, -0.05) is 33.1 Å². The van der Waals surface area contributed by atoms with Crippen molar-refractivity contribution in [2.45, 2.75) is 70.9 Å². The molecule has 0 saturated heterocycles. The Morgan fingerprint density at radius 1 is 1.31 bits per heavy atom. The summed E-state index contributed by atoms with van der Waals surface area (Å²) in [4.78, 5) is 0. The highest BCUT2D eigenvalue weighted by Gasteiger charge is 2.24. The maximum absolute atomic E-state index is 6.05. The highest BCUT2D eigenvalue weighted by molar-refractivity contribution is 4.80. The van der Waals surface area contributed by atoms with Gasteiger partial charge in [0, 0.05) is 12.6 Å². The third-order valence-corrected chi connectivity index (χ3v) is 3.90. The molecule has 1 N–H and O–H groups in total. The van der Waals surface area contributed by atoms with Crippen LogP contribution < -0.4 is 5.32 Å². The van der Waals surface area contributed by atoms with Crippen LogP contribution in [-0.4, -0.2) is 25.8 Å². The minimum absolute atomic E-state index is 0.521. The first-order chi connectivity index (χ1) is 7.80. The quantitative estimate of drug-likeness (QED) is 0.686. The molecule has 96 valence electrons. The molecule has 1 fully saturated rings. The molecule has 0 aliphatic heterocycles. The van der Waals surface area contributed by atoms with E-state index in [1.807, 2.05) is 0 Å². The molecule has 0 aromatic carbocycles. The third kappa shape index (κ3) is 4.84. The van der Waals surface area contributed by atoms with Crippen molar-refractivity contribution in [1.29, 1.82) is 0 Å². The summed E-state index contributed by atoms with van der Waals surface area (Å²) in [5.41, 5.74) is 0. The fourth-order valence-corrected chi connectivity index (χ4v) is 2.52. The first-order valence-corrected chi connectivity index (χ1v) is 7.09. The zero-order chi connectivity index (χ0) is 11.8. The maximum Gasteiger partial charge on any atom is 0.0590 e. The van der Waals surface area contributed by atoms with Gasteiger partial charge >= 0.3 is 0 Å². The van der Waals surface area contributed by atoms with E-state index in [1.165, 1.54) is 44.9 Å². The lowest BCUT2D eigenvalue weighted by atomic mass is 10.0. The number of hydrogen-bond acceptors (Lipinski definition) is 2. The second kappa shape index (κ2) is 8.08. The van der Waals surface area contributed by atoms with Crippen LogP contribution in [0.5, 0.6) is 0 Å². The standard InChI is InChI=1S/C14H29NO/c1-4-6-7-12(5-2)11-16-14-9-8-13(10-14)15-3/h12-15H,4-11H2,1-3H3. The summed E-state index contributed by atoms with van der Waals surface area (Å²) in [7, 11) is 2.06. The van der Waals surface area contributed by atoms with Crippen molar-refractivity contribution in [1.82, 2.24) is 5.32 Å². The van der Waals surface area contributed by atoms with Gasteiger partial charge in [0.15, 0.2) is 0 Å². The van der Waals surface area contributed by atoms with E-state index in [2.05, 4.69) is 26.2 Å². The molecule has 1 saturated carbocycles. The number of hydrogen-bond donors (Lipinski definition) is 1. The van der Waals surface area contributed by atoms with Gasteiger partial charge in [-0.05, 0) is 38.6 Å². The van der Waals surface area contributed by atoms with Crippen LogP contribution in [0.2, 0.25) is 0 Å². The predicted octanol–water partition coefficient (Wildman–Crippen LogP) is 3.36. The van der Waals surface area contributed by atoms with Gasteiger partial charge in [-0.2, -0.15) is 0 Å². The maximum atomic E-state index is 6.05. The van der Waals surface area contributed by atoms with Crippen molar-refractivity contribution < 1.29 is 4.74 Å². The second-order valence-corrected chi connectivity index (χ2v) is 5.17. The summed E-state index contributed by atoms with van der Waals surface area (Å²) in [6.45, 7) is 5.54. The Kier molecular flexibility index (Phi) is 7.06. The van der Waals surface area contributed by atoms with Gasteiger partial charge in [0.1, 0.15) is 0 Å². The average molecular weight is 227 g/mol. The molecule has 3 unspecified atom stereocenters. The fourth-order valence-electron chi connectivity index (χ4n) is 2.52. The summed E-state index contributed by atoms with van der Waals surface area (Å²) in [5.74, 6) is 0.786. The second-order valence-electron chi connectivity index (χ2n) is 5.17. The van der Waals surface area contributed by atoms with Crippen molar-refractivity contribution in [3.8, 4) is 0 Å². The zero-order valence-corrected chi connectivity index (χ0v) is 11.3. The Balaban J connectivity index is 2.12. The molecule has 1 rings (SSSR count). The number of unbranched alkanes of at least 4 members (excludes halogenated alkanes) is 1. The molecule has 3 atom stereocenters. The first kappa shape index (κ1) is 14.0. The van der Waals surface area contributed by atoms with Crippen molar-refractivity contribution in [2.75, 3.05) is 13.7 Å². The molecule has 0 spiro atoms. The van der Waals surface area contributed by atoms with Crippen molar-refractivity contribution in [3.05, 3.63) is 0 Å². The van der Waals surface area contributed by atoms with Gasteiger partial charge in [-0.25, -0.2) is 0 Å². The van der Waals surface area contributed by atoms with Crippen LogP contribution in [0, 0.1) is 5.92 Å². The molecule has 0 radical (unpaired) electrons. The smallest absolute Gasteiger partial charge is 0.0590 e. The highest BCUT2D eigenvalue weighted by atomic mass is 16.5. The molecule has 0 heterocycles. The van der Waals surface area contributed by atoms with Crippen molar-refractivity contribution >= 4 is 0 Å². The van der Waals surface area contributed by atoms with E-state index in [4.69, 9.17) is 4.74 Å². The summed E-state index contributed by atoms with van der Waals surface area (Å²) in [6.07, 6.45) is 9.53. The number of nitrogens with one attached hydrogen (secondary N) is 1. The van der Waals surface area contributed by atoms with E-state index in [0.29, 0.717) is 12.1 Å². The lowest BCUT2D eigenvalue weighted by Gasteiger charge is -2.18. The molecule has 0 aromatic rings. The monoisotopic (exact) mass is 227 g/mol. The van der Waals surface area contributed by atoms with Crippen LogP contribution >= 0.6 is 0 Å². The fraction of sp³-hybridized carbons (Fsp3) is 1.00. The molecule has 16 heavy (non-hydrogen) atoms. The van der Waals surface area contributed by atoms with Gasteiger partial charge in [-0.15, -0.1) is 0 Å². The molecule has 1 aliphatic carbocycles. The van der Waals surface area contributed by atoms with E-state index in [0.717, 1.165) is 12.5 Å². The van der Waals surface area contributed by atoms with Crippen LogP contribution in [0.1, 0.15) is 58.8 Å². The SMILES string of the molecule is CCCCC(CC)COC1CCC(NC)C1. The lowest BCUT2D eigenvalue weighted by molar-refractivity contribution is 0.0290. The summed E-state index contributed by atoms with van der Waals surface area (Å²) < 4.78 is 6.05. The number of rotatable bonds is 8. The Morgan fingerprint density at radius 2 is 2.12 bits per heavy atom. The van der Waals surface area contributed by atoms with E-state index < -0.39 is 0 Å². The zero-order valence-electron chi connectivity index (χ0n) is 11.3. The minimum Gasteiger partial charge on any atom is -0.378 e. The Hall–Kier alpha value is -0.0800. The predicted molar refractivity (Wildman–Crippen MR) is 69.7 cm³/mol. The van der Waals surface area contributed by atoms with Crippen LogP contribution in [0.25, 0.3) is 0 Å². The molecule has 0 aromatic heterocycles. The summed E-state index contributed by atoms with van der Waals surface area (Å²) >= 11 is 0. The first-order valence-electron chi connectivity index (χ1n) is 7.09. The van der Waals surface area contributed by atoms with Gasteiger partial charge in [0.25, 0.3) is 0 Å². The van der Waals surface area contributed by atoms with Gasteiger partial charge in [0.05, 0.1) is 6.10 Å². The van der Waals surface area contributed by atoms with Gasteiger partial charge < -0.3 is 10.1 Å². The van der Waals surface area contributed by atoms with Crippen LogP contribution in [-0.2, 0) is 4.74 Å². The third-order valence-electron chi connectivity index (χ3n) is 3.90. The van der Waals surface area contributed by atoms with Crippen LogP contribution in [0.4, 0.5) is 0 Å². The topological polar surface area (TPSA) is 21.3 Å². The van der Waals surface area contributed by atoms with E-state index >= 15 is 0 Å². The lowest BCUT2D eigenvalue weighted by Crippen LogP contribution is -2.23. The van der Waals surface area contributed by atoms with Crippen molar-refractivity contribution in [2.24, 2.45) is 5.92 Å². The summed E-state index contributed by atoms with van der Waals surface area (Å²) in [5, 5.41) is 3.35. The van der Waals surface area contributed by atoms with Crippen LogP contribution in [0.3, 0.4) is 0 Å². The summed E-state index contributed by atoms with van der Waals surface area (Å²) in [6, 6.07) is 0.695. The Morgan fingerprint density at radius 3 is 2.69 bits per heavy atom. The largest absolute Gasteiger partial charge is 0.378 e. The average Bonchev–Trinajstić information content (AvgIpc) is 2.77. The molecule has 0 bridgehead atoms. The molecule has 2 nitrogen and oxygen atoms in total. The van der Waals surface area contributed by atoms with E-state index in [-0.39, 0.29) is 0 Å².